The van der Waals surface area contributed by atoms with Crippen molar-refractivity contribution in [1.29, 1.82) is 0 Å². The summed E-state index contributed by atoms with van der Waals surface area (Å²) in [7, 11) is 1.77. The zero-order valence-corrected chi connectivity index (χ0v) is 5.33. The van der Waals surface area contributed by atoms with Gasteiger partial charge in [0.15, 0.2) is 0 Å². The van der Waals surface area contributed by atoms with Crippen LogP contribution >= 0.6 is 0 Å². The Balaban J connectivity index is 3.58. The first kappa shape index (κ1) is 7.66. The van der Waals surface area contributed by atoms with Crippen LogP contribution in [0, 0.1) is 0 Å². The van der Waals surface area contributed by atoms with E-state index < -0.39 is 0 Å². The highest BCUT2D eigenvalue weighted by Gasteiger charge is 1.55. The van der Waals surface area contributed by atoms with Crippen molar-refractivity contribution in [2.45, 2.75) is 0 Å². The van der Waals surface area contributed by atoms with Crippen LogP contribution in [-0.2, 0) is 0 Å². The van der Waals surface area contributed by atoms with Crippen LogP contribution < -0.4 is 5.32 Å². The van der Waals surface area contributed by atoms with Crippen LogP contribution in [0.1, 0.15) is 0 Å². The Labute approximate surface area is 54.5 Å². The van der Waals surface area contributed by atoms with Gasteiger partial charge < -0.3 is 5.32 Å². The molecule has 0 rings (SSSR count). The lowest BCUT2D eigenvalue weighted by molar-refractivity contribution is 1.12. The Kier molecular flexibility index (Phi) is 5.67. The summed E-state index contributed by atoms with van der Waals surface area (Å²) in [5.41, 5.74) is 0. The second-order valence-electron chi connectivity index (χ2n) is 1.14. The van der Waals surface area contributed by atoms with E-state index in [2.05, 4.69) is 27.8 Å². The minimum atomic E-state index is 1.36. The Morgan fingerprint density at radius 1 is 1.67 bits per heavy atom. The Morgan fingerprint density at radius 3 is 3.00 bits per heavy atom. The first-order chi connectivity index (χ1) is 4.41. The van der Waals surface area contributed by atoms with Crippen molar-refractivity contribution in [3.05, 3.63) is 19.0 Å². The summed E-state index contributed by atoms with van der Waals surface area (Å²) in [6.45, 7) is 3.37. The summed E-state index contributed by atoms with van der Waals surface area (Å²) in [5, 5.41) is 2.73. The van der Waals surface area contributed by atoms with Crippen molar-refractivity contribution in [3.63, 3.8) is 0 Å². The summed E-state index contributed by atoms with van der Waals surface area (Å²) in [4.78, 5) is 7.23. The van der Waals surface area contributed by atoms with Gasteiger partial charge in [0.25, 0.3) is 0 Å². The molecule has 0 bridgehead atoms. The van der Waals surface area contributed by atoms with E-state index in [1.54, 1.807) is 13.2 Å². The Morgan fingerprint density at radius 2 is 2.44 bits per heavy atom. The predicted molar refractivity (Wildman–Crippen MR) is 39.8 cm³/mol. The zero-order valence-electron chi connectivity index (χ0n) is 5.33. The summed E-state index contributed by atoms with van der Waals surface area (Å²) in [5.74, 6) is 2.56. The third-order valence-corrected chi connectivity index (χ3v) is 0.513. The first-order valence-corrected chi connectivity index (χ1v) is 2.48. The molecule has 0 aliphatic rings. The standard InChI is InChI=1S/C6H9N3/c1-3-8-6-9-5-4-7-2/h3-4,6-7H,1H2,2H3. The molecule has 0 aliphatic heterocycles. The van der Waals surface area contributed by atoms with Crippen LogP contribution in [0.5, 0.6) is 0 Å². The second-order valence-corrected chi connectivity index (χ2v) is 1.14. The molecule has 0 saturated carbocycles. The number of rotatable bonds is 3. The van der Waals surface area contributed by atoms with E-state index in [1.807, 2.05) is 0 Å². The first-order valence-electron chi connectivity index (χ1n) is 2.48. The van der Waals surface area contributed by atoms with Gasteiger partial charge in [-0.15, -0.1) is 0 Å². The number of hydrogen-bond donors (Lipinski definition) is 1. The highest BCUT2D eigenvalue weighted by Crippen LogP contribution is 1.62. The molecule has 0 aromatic rings. The summed E-state index contributed by atoms with van der Waals surface area (Å²) >= 11 is 0. The molecule has 3 nitrogen and oxygen atoms in total. The van der Waals surface area contributed by atoms with Gasteiger partial charge in [-0.3, -0.25) is 0 Å². The van der Waals surface area contributed by atoms with Gasteiger partial charge in [0.1, 0.15) is 6.34 Å². The lowest BCUT2D eigenvalue weighted by Crippen LogP contribution is -1.90. The zero-order chi connectivity index (χ0) is 6.95. The molecule has 0 fully saturated rings. The fourth-order valence-corrected chi connectivity index (χ4v) is 0.216. The van der Waals surface area contributed by atoms with E-state index in [4.69, 9.17) is 0 Å². The molecule has 1 N–H and O–H groups in total. The van der Waals surface area contributed by atoms with Gasteiger partial charge in [0.2, 0.25) is 0 Å². The molecular weight excluding hydrogens is 114 g/mol. The van der Waals surface area contributed by atoms with E-state index in [-0.39, 0.29) is 0 Å². The van der Waals surface area contributed by atoms with E-state index in [1.165, 1.54) is 12.5 Å². The fourth-order valence-electron chi connectivity index (χ4n) is 0.216. The van der Waals surface area contributed by atoms with Gasteiger partial charge in [-0.25, -0.2) is 4.99 Å². The third-order valence-electron chi connectivity index (χ3n) is 0.513. The molecule has 0 spiro atoms. The van der Waals surface area contributed by atoms with E-state index in [0.717, 1.165) is 0 Å². The van der Waals surface area contributed by atoms with Crippen molar-refractivity contribution < 1.29 is 0 Å². The maximum Gasteiger partial charge on any atom is 0.125 e. The SMILES string of the molecule is C=CN=CN=C=CNC. The lowest BCUT2D eigenvalue weighted by Gasteiger charge is -1.73. The summed E-state index contributed by atoms with van der Waals surface area (Å²) in [6.07, 6.45) is 4.35. The number of aliphatic imine (C=N–C) groups is 2. The van der Waals surface area contributed by atoms with E-state index >= 15 is 0 Å². The molecular formula is C6H9N3. The van der Waals surface area contributed by atoms with Gasteiger partial charge in [-0.1, -0.05) is 6.58 Å². The topological polar surface area (TPSA) is 36.8 Å². The largest absolute Gasteiger partial charge is 0.386 e. The number of hydrogen-bond acceptors (Lipinski definition) is 2. The van der Waals surface area contributed by atoms with Crippen molar-refractivity contribution >= 4 is 12.2 Å². The highest BCUT2D eigenvalue weighted by atomic mass is 14.8. The second kappa shape index (κ2) is 6.66. The molecule has 0 amide bonds. The molecule has 0 aromatic carbocycles. The average Bonchev–Trinajstić information content (AvgIpc) is 1.89. The molecule has 0 radical (unpaired) electrons. The molecule has 0 unspecified atom stereocenters. The Hall–Kier alpha value is -1.34. The predicted octanol–water partition coefficient (Wildman–Crippen LogP) is 0.561. The summed E-state index contributed by atoms with van der Waals surface area (Å²) in [6, 6.07) is 0. The van der Waals surface area contributed by atoms with Crippen molar-refractivity contribution in [3.8, 4) is 0 Å². The van der Waals surface area contributed by atoms with E-state index in [0.29, 0.717) is 0 Å². The van der Waals surface area contributed by atoms with Crippen LogP contribution in [-0.4, -0.2) is 19.3 Å². The van der Waals surface area contributed by atoms with Gasteiger partial charge >= 0.3 is 0 Å². The fraction of sp³-hybridized carbons (Fsp3) is 0.167. The smallest absolute Gasteiger partial charge is 0.125 e. The molecule has 48 valence electrons. The molecule has 0 aromatic heterocycles. The molecule has 9 heavy (non-hydrogen) atoms. The van der Waals surface area contributed by atoms with Crippen LogP contribution in [0.2, 0.25) is 0 Å². The molecule has 3 heteroatoms. The van der Waals surface area contributed by atoms with Crippen LogP contribution in [0.15, 0.2) is 29.0 Å². The van der Waals surface area contributed by atoms with Gasteiger partial charge in [-0.05, 0) is 0 Å². The third kappa shape index (κ3) is 6.66. The maximum absolute atomic E-state index is 3.62. The molecule has 0 atom stereocenters. The lowest BCUT2D eigenvalue weighted by atomic mass is 10.9. The number of nitrogens with one attached hydrogen (secondary N) is 1. The maximum atomic E-state index is 3.62. The van der Waals surface area contributed by atoms with Crippen molar-refractivity contribution in [1.82, 2.24) is 5.32 Å². The average molecular weight is 123 g/mol. The molecule has 0 aliphatic carbocycles. The minimum Gasteiger partial charge on any atom is -0.386 e. The van der Waals surface area contributed by atoms with Crippen LogP contribution in [0.3, 0.4) is 0 Å². The minimum absolute atomic E-state index is 1.36. The van der Waals surface area contributed by atoms with Gasteiger partial charge in [0, 0.05) is 19.1 Å². The normalized spacial score (nSPS) is 8.11. The highest BCUT2D eigenvalue weighted by molar-refractivity contribution is 5.69. The van der Waals surface area contributed by atoms with E-state index in [9.17, 15) is 0 Å². The monoisotopic (exact) mass is 123 g/mol. The van der Waals surface area contributed by atoms with Crippen LogP contribution in [0.4, 0.5) is 0 Å². The molecule has 0 heterocycles. The van der Waals surface area contributed by atoms with Gasteiger partial charge in [-0.2, -0.15) is 4.99 Å². The Bertz CT molecular complexity index is 152. The number of nitrogens with zero attached hydrogens (tertiary/aromatic N) is 2. The molecule has 0 saturated heterocycles. The van der Waals surface area contributed by atoms with Crippen molar-refractivity contribution in [2.75, 3.05) is 7.05 Å². The van der Waals surface area contributed by atoms with Crippen LogP contribution in [0.25, 0.3) is 0 Å². The van der Waals surface area contributed by atoms with Crippen molar-refractivity contribution in [2.24, 2.45) is 9.98 Å². The van der Waals surface area contributed by atoms with Gasteiger partial charge in [0.05, 0.1) is 6.20 Å². The quantitative estimate of drug-likeness (QED) is 0.432. The summed E-state index contributed by atoms with van der Waals surface area (Å²) < 4.78 is 0.